The molecule has 0 fully saturated rings. The summed E-state index contributed by atoms with van der Waals surface area (Å²) in [5.74, 6) is -0.274. The van der Waals surface area contributed by atoms with E-state index in [1.807, 2.05) is 24.3 Å². The van der Waals surface area contributed by atoms with Gasteiger partial charge in [-0.2, -0.15) is 0 Å². The van der Waals surface area contributed by atoms with Crippen LogP contribution in [0, 0.1) is 0 Å². The second kappa shape index (κ2) is 6.22. The molecule has 1 aromatic rings. The van der Waals surface area contributed by atoms with Gasteiger partial charge in [0.05, 0.1) is 7.11 Å². The monoisotopic (exact) mass is 238 g/mol. The molecule has 2 unspecified atom stereocenters. The maximum absolute atomic E-state index is 10.8. The molecule has 0 heterocycles. The van der Waals surface area contributed by atoms with Crippen molar-refractivity contribution in [1.29, 1.82) is 0 Å². The zero-order valence-electron chi connectivity index (χ0n) is 10.0. The van der Waals surface area contributed by atoms with Crippen molar-refractivity contribution < 1.29 is 14.6 Å². The van der Waals surface area contributed by atoms with Gasteiger partial charge in [0, 0.05) is 11.6 Å². The molecule has 2 atom stereocenters. The smallest absolute Gasteiger partial charge is 0.320 e. The third kappa shape index (κ3) is 3.44. The van der Waals surface area contributed by atoms with Crippen LogP contribution in [-0.2, 0) is 4.79 Å². The first-order chi connectivity index (χ1) is 8.10. The number of carbonyl (C=O) groups is 1. The van der Waals surface area contributed by atoms with Gasteiger partial charge in [-0.25, -0.2) is 0 Å². The van der Waals surface area contributed by atoms with E-state index in [1.54, 1.807) is 14.2 Å². The van der Waals surface area contributed by atoms with Gasteiger partial charge in [0.1, 0.15) is 11.8 Å². The molecule has 94 valence electrons. The first-order valence-corrected chi connectivity index (χ1v) is 5.38. The van der Waals surface area contributed by atoms with E-state index in [0.717, 1.165) is 11.3 Å². The highest BCUT2D eigenvalue weighted by Gasteiger charge is 2.21. The SMILES string of the molecule is CNC(CC(N)C(=O)O)c1ccccc1OC. The summed E-state index contributed by atoms with van der Waals surface area (Å²) in [6.07, 6.45) is 0.312. The van der Waals surface area contributed by atoms with E-state index in [2.05, 4.69) is 5.32 Å². The van der Waals surface area contributed by atoms with Crippen molar-refractivity contribution in [3.8, 4) is 5.75 Å². The Kier molecular flexibility index (Phi) is 4.93. The largest absolute Gasteiger partial charge is 0.496 e. The molecule has 5 heteroatoms. The molecule has 17 heavy (non-hydrogen) atoms. The van der Waals surface area contributed by atoms with E-state index in [0.29, 0.717) is 6.42 Å². The number of methoxy groups -OCH3 is 1. The second-order valence-electron chi connectivity index (χ2n) is 3.76. The second-order valence-corrected chi connectivity index (χ2v) is 3.76. The number of benzene rings is 1. The molecule has 1 aromatic carbocycles. The number of rotatable bonds is 6. The normalized spacial score (nSPS) is 14.1. The summed E-state index contributed by atoms with van der Waals surface area (Å²) in [5.41, 5.74) is 6.45. The van der Waals surface area contributed by atoms with Crippen LogP contribution in [0.15, 0.2) is 24.3 Å². The van der Waals surface area contributed by atoms with Gasteiger partial charge in [-0.3, -0.25) is 4.79 Å². The average Bonchev–Trinajstić information content (AvgIpc) is 2.35. The minimum atomic E-state index is -1.000. The highest BCUT2D eigenvalue weighted by molar-refractivity contribution is 5.73. The molecule has 0 spiro atoms. The molecule has 0 amide bonds. The summed E-state index contributed by atoms with van der Waals surface area (Å²) < 4.78 is 5.24. The van der Waals surface area contributed by atoms with Crippen LogP contribution >= 0.6 is 0 Å². The van der Waals surface area contributed by atoms with Crippen LogP contribution < -0.4 is 15.8 Å². The van der Waals surface area contributed by atoms with Gasteiger partial charge in [-0.05, 0) is 19.5 Å². The fourth-order valence-corrected chi connectivity index (χ4v) is 1.71. The molecule has 0 aromatic heterocycles. The van der Waals surface area contributed by atoms with Gasteiger partial charge in [0.25, 0.3) is 0 Å². The van der Waals surface area contributed by atoms with Gasteiger partial charge < -0.3 is 20.9 Å². The number of carboxylic acids is 1. The number of ether oxygens (including phenoxy) is 1. The summed E-state index contributed by atoms with van der Waals surface area (Å²) in [6, 6.07) is 6.45. The third-order valence-corrected chi connectivity index (χ3v) is 2.67. The molecule has 4 N–H and O–H groups in total. The fraction of sp³-hybridized carbons (Fsp3) is 0.417. The Morgan fingerprint density at radius 2 is 2.18 bits per heavy atom. The highest BCUT2D eigenvalue weighted by atomic mass is 16.5. The lowest BCUT2D eigenvalue weighted by Gasteiger charge is -2.20. The topological polar surface area (TPSA) is 84.6 Å². The highest BCUT2D eigenvalue weighted by Crippen LogP contribution is 2.27. The maximum Gasteiger partial charge on any atom is 0.320 e. The number of aliphatic carboxylic acids is 1. The van der Waals surface area contributed by atoms with Gasteiger partial charge in [0.2, 0.25) is 0 Å². The molecule has 0 saturated heterocycles. The predicted molar refractivity (Wildman–Crippen MR) is 65.0 cm³/mol. The Morgan fingerprint density at radius 3 is 2.71 bits per heavy atom. The zero-order valence-corrected chi connectivity index (χ0v) is 10.0. The molecule has 0 aliphatic rings. The van der Waals surface area contributed by atoms with Crippen molar-refractivity contribution in [1.82, 2.24) is 5.32 Å². The number of hydrogen-bond donors (Lipinski definition) is 3. The van der Waals surface area contributed by atoms with Crippen molar-refractivity contribution in [2.75, 3.05) is 14.2 Å². The number of carboxylic acid groups (broad SMARTS) is 1. The maximum atomic E-state index is 10.8. The molecule has 0 bridgehead atoms. The van der Waals surface area contributed by atoms with Crippen molar-refractivity contribution in [3.05, 3.63) is 29.8 Å². The number of nitrogens with two attached hydrogens (primary N) is 1. The van der Waals surface area contributed by atoms with E-state index in [1.165, 1.54) is 0 Å². The van der Waals surface area contributed by atoms with E-state index in [9.17, 15) is 4.79 Å². The predicted octanol–water partition coefficient (Wildman–Crippen LogP) is 0.758. The minimum absolute atomic E-state index is 0.141. The Morgan fingerprint density at radius 1 is 1.53 bits per heavy atom. The van der Waals surface area contributed by atoms with Crippen LogP contribution in [-0.4, -0.2) is 31.3 Å². The van der Waals surface area contributed by atoms with Crippen LogP contribution in [0.4, 0.5) is 0 Å². The molecule has 0 saturated carbocycles. The number of nitrogens with one attached hydrogen (secondary N) is 1. The van der Waals surface area contributed by atoms with Crippen LogP contribution in [0.1, 0.15) is 18.0 Å². The third-order valence-electron chi connectivity index (χ3n) is 2.67. The number of para-hydroxylation sites is 1. The first kappa shape index (κ1) is 13.5. The molecular formula is C12H18N2O3. The minimum Gasteiger partial charge on any atom is -0.496 e. The van der Waals surface area contributed by atoms with Crippen molar-refractivity contribution in [3.63, 3.8) is 0 Å². The average molecular weight is 238 g/mol. The summed E-state index contributed by atoms with van der Waals surface area (Å²) in [7, 11) is 3.36. The van der Waals surface area contributed by atoms with E-state index >= 15 is 0 Å². The molecule has 1 rings (SSSR count). The van der Waals surface area contributed by atoms with Gasteiger partial charge in [-0.15, -0.1) is 0 Å². The van der Waals surface area contributed by atoms with Crippen LogP contribution in [0.2, 0.25) is 0 Å². The van der Waals surface area contributed by atoms with Crippen molar-refractivity contribution >= 4 is 5.97 Å². The lowest BCUT2D eigenvalue weighted by atomic mass is 9.99. The van der Waals surface area contributed by atoms with E-state index in [-0.39, 0.29) is 6.04 Å². The van der Waals surface area contributed by atoms with Gasteiger partial charge in [0.15, 0.2) is 0 Å². The Hall–Kier alpha value is -1.59. The molecule has 5 nitrogen and oxygen atoms in total. The van der Waals surface area contributed by atoms with Crippen LogP contribution in [0.5, 0.6) is 5.75 Å². The fourth-order valence-electron chi connectivity index (χ4n) is 1.71. The van der Waals surface area contributed by atoms with Crippen LogP contribution in [0.25, 0.3) is 0 Å². The van der Waals surface area contributed by atoms with Gasteiger partial charge >= 0.3 is 5.97 Å². The summed E-state index contributed by atoms with van der Waals surface area (Å²) in [5, 5.41) is 11.9. The summed E-state index contributed by atoms with van der Waals surface area (Å²) in [4.78, 5) is 10.8. The van der Waals surface area contributed by atoms with Crippen molar-refractivity contribution in [2.45, 2.75) is 18.5 Å². The summed E-state index contributed by atoms with van der Waals surface area (Å²) in [6.45, 7) is 0. The molecule has 0 aliphatic heterocycles. The lowest BCUT2D eigenvalue weighted by Crippen LogP contribution is -2.34. The number of hydrogen-bond acceptors (Lipinski definition) is 4. The lowest BCUT2D eigenvalue weighted by molar-refractivity contribution is -0.138. The van der Waals surface area contributed by atoms with Crippen molar-refractivity contribution in [2.24, 2.45) is 5.73 Å². The molecule has 0 radical (unpaired) electrons. The Bertz CT molecular complexity index is 382. The Balaban J connectivity index is 2.89. The molecule has 0 aliphatic carbocycles. The van der Waals surface area contributed by atoms with Crippen LogP contribution in [0.3, 0.4) is 0 Å². The standard InChI is InChI=1S/C12H18N2O3/c1-14-10(7-9(13)12(15)16)8-5-3-4-6-11(8)17-2/h3-6,9-10,14H,7,13H2,1-2H3,(H,15,16). The van der Waals surface area contributed by atoms with E-state index < -0.39 is 12.0 Å². The first-order valence-electron chi connectivity index (χ1n) is 5.38. The van der Waals surface area contributed by atoms with Gasteiger partial charge in [-0.1, -0.05) is 18.2 Å². The summed E-state index contributed by atoms with van der Waals surface area (Å²) >= 11 is 0. The molecular weight excluding hydrogens is 220 g/mol. The quantitative estimate of drug-likeness (QED) is 0.681. The zero-order chi connectivity index (χ0) is 12.8. The Labute approximate surface area is 101 Å². The van der Waals surface area contributed by atoms with E-state index in [4.69, 9.17) is 15.6 Å².